The van der Waals surface area contributed by atoms with Crippen molar-refractivity contribution in [2.45, 2.75) is 31.3 Å². The number of carboxylic acids is 2. The van der Waals surface area contributed by atoms with E-state index in [4.69, 9.17) is 5.11 Å². The zero-order valence-corrected chi connectivity index (χ0v) is 16.4. The molecule has 0 aliphatic heterocycles. The van der Waals surface area contributed by atoms with E-state index in [1.54, 1.807) is 0 Å². The maximum absolute atomic E-state index is 13.0. The maximum atomic E-state index is 13.0. The second kappa shape index (κ2) is 9.67. The van der Waals surface area contributed by atoms with Crippen molar-refractivity contribution in [1.82, 2.24) is 0 Å². The Labute approximate surface area is 164 Å². The smallest absolute Gasteiger partial charge is 0.307 e. The van der Waals surface area contributed by atoms with Crippen LogP contribution < -0.4 is 0 Å². The van der Waals surface area contributed by atoms with Crippen molar-refractivity contribution < 1.29 is 29.3 Å². The molecule has 0 spiro atoms. The van der Waals surface area contributed by atoms with E-state index in [1.807, 2.05) is 42.5 Å². The lowest BCUT2D eigenvalue weighted by Crippen LogP contribution is -2.30. The predicted molar refractivity (Wildman–Crippen MR) is 109 cm³/mol. The van der Waals surface area contributed by atoms with Gasteiger partial charge in [-0.25, -0.2) is 0 Å². The number of allylic oxidation sites excluding steroid dienone is 1. The summed E-state index contributed by atoms with van der Waals surface area (Å²) in [7, 11) is -3.86. The van der Waals surface area contributed by atoms with Crippen LogP contribution in [0.5, 0.6) is 0 Å². The Bertz CT molecular complexity index is 907. The molecule has 0 heterocycles. The molecule has 150 valence electrons. The molecule has 0 aromatic heterocycles. The molecule has 2 rings (SSSR count). The number of hydrogen-bond donors (Lipinski definition) is 3. The molecule has 0 aliphatic carbocycles. The van der Waals surface area contributed by atoms with E-state index >= 15 is 0 Å². The number of carbonyl (C=O) groups is 2. The molecule has 0 saturated carbocycles. The number of benzene rings is 2. The summed E-state index contributed by atoms with van der Waals surface area (Å²) >= 11 is 0. The van der Waals surface area contributed by atoms with Crippen molar-refractivity contribution in [2.75, 3.05) is 6.16 Å². The van der Waals surface area contributed by atoms with E-state index in [9.17, 15) is 24.2 Å². The first-order valence-corrected chi connectivity index (χ1v) is 11.0. The summed E-state index contributed by atoms with van der Waals surface area (Å²) < 4.78 is 13.0. The summed E-state index contributed by atoms with van der Waals surface area (Å²) in [4.78, 5) is 33.1. The normalized spacial score (nSPS) is 15.5. The van der Waals surface area contributed by atoms with Crippen LogP contribution in [-0.4, -0.2) is 38.9 Å². The van der Waals surface area contributed by atoms with Gasteiger partial charge in [0, 0.05) is 12.6 Å². The third-order valence-electron chi connectivity index (χ3n) is 4.91. The van der Waals surface area contributed by atoms with Gasteiger partial charge in [-0.1, -0.05) is 48.5 Å². The van der Waals surface area contributed by atoms with Gasteiger partial charge >= 0.3 is 11.9 Å². The number of aryl methyl sites for hydroxylation is 1. The number of hydrogen-bond acceptors (Lipinski definition) is 3. The Kier molecular flexibility index (Phi) is 7.55. The lowest BCUT2D eigenvalue weighted by atomic mass is 9.97. The monoisotopic (exact) mass is 404 g/mol. The molecule has 0 bridgehead atoms. The largest absolute Gasteiger partial charge is 0.481 e. The third-order valence-corrected chi connectivity index (χ3v) is 7.38. The summed E-state index contributed by atoms with van der Waals surface area (Å²) in [6, 6.07) is 13.6. The standard InChI is InChI=1S/C21H25O6P/c1-2-5-19(18(21(24)25)10-11-20(22)23)28(26,27)13-12-15-8-9-16-6-3-4-7-17(16)14-15/h2-4,6-9,14,18-19H,1,5,10-13H2,(H,22,23)(H,24,25)(H,26,27). The lowest BCUT2D eigenvalue weighted by molar-refractivity contribution is -0.143. The molecule has 28 heavy (non-hydrogen) atoms. The average Bonchev–Trinajstić information content (AvgIpc) is 2.65. The fourth-order valence-corrected chi connectivity index (χ4v) is 5.62. The molecular formula is C21H25O6P. The molecule has 3 unspecified atom stereocenters. The van der Waals surface area contributed by atoms with Gasteiger partial charge in [0.2, 0.25) is 7.37 Å². The van der Waals surface area contributed by atoms with Gasteiger partial charge in [-0.3, -0.25) is 14.2 Å². The maximum Gasteiger partial charge on any atom is 0.307 e. The molecule has 3 atom stereocenters. The van der Waals surface area contributed by atoms with Gasteiger partial charge in [0.25, 0.3) is 0 Å². The first-order valence-electron chi connectivity index (χ1n) is 9.09. The van der Waals surface area contributed by atoms with Crippen LogP contribution in [0.1, 0.15) is 24.8 Å². The van der Waals surface area contributed by atoms with Crippen LogP contribution in [0, 0.1) is 5.92 Å². The molecule has 0 fully saturated rings. The molecule has 2 aromatic rings. The number of fused-ring (bicyclic) bond motifs is 1. The average molecular weight is 404 g/mol. The zero-order valence-electron chi connectivity index (χ0n) is 15.5. The summed E-state index contributed by atoms with van der Waals surface area (Å²) in [5, 5.41) is 20.4. The quantitative estimate of drug-likeness (QED) is 0.383. The zero-order chi connectivity index (χ0) is 20.7. The van der Waals surface area contributed by atoms with Crippen LogP contribution in [0.25, 0.3) is 10.8 Å². The summed E-state index contributed by atoms with van der Waals surface area (Å²) in [6.45, 7) is 3.56. The van der Waals surface area contributed by atoms with Crippen LogP contribution in [0.15, 0.2) is 55.1 Å². The molecule has 0 amide bonds. The van der Waals surface area contributed by atoms with Gasteiger partial charge in [0.05, 0.1) is 11.6 Å². The highest BCUT2D eigenvalue weighted by Gasteiger charge is 2.39. The first-order chi connectivity index (χ1) is 13.2. The van der Waals surface area contributed by atoms with Gasteiger partial charge in [0.1, 0.15) is 0 Å². The van der Waals surface area contributed by atoms with Gasteiger partial charge in [0.15, 0.2) is 0 Å². The van der Waals surface area contributed by atoms with Crippen molar-refractivity contribution in [3.8, 4) is 0 Å². The van der Waals surface area contributed by atoms with E-state index in [0.717, 1.165) is 16.3 Å². The van der Waals surface area contributed by atoms with Gasteiger partial charge in [-0.15, -0.1) is 6.58 Å². The molecule has 0 aliphatic rings. The van der Waals surface area contributed by atoms with E-state index < -0.39 is 30.9 Å². The van der Waals surface area contributed by atoms with Gasteiger partial charge < -0.3 is 15.1 Å². The van der Waals surface area contributed by atoms with Gasteiger partial charge in [-0.05, 0) is 35.6 Å². The van der Waals surface area contributed by atoms with E-state index in [1.165, 1.54) is 6.08 Å². The number of rotatable bonds is 11. The van der Waals surface area contributed by atoms with Crippen molar-refractivity contribution in [3.05, 3.63) is 60.7 Å². The van der Waals surface area contributed by atoms with Gasteiger partial charge in [-0.2, -0.15) is 0 Å². The van der Waals surface area contributed by atoms with Crippen LogP contribution >= 0.6 is 7.37 Å². The van der Waals surface area contributed by atoms with Crippen LogP contribution in [0.2, 0.25) is 0 Å². The fourth-order valence-electron chi connectivity index (χ4n) is 3.39. The minimum atomic E-state index is -3.86. The topological polar surface area (TPSA) is 112 Å². The van der Waals surface area contributed by atoms with Crippen molar-refractivity contribution in [3.63, 3.8) is 0 Å². The highest BCUT2D eigenvalue weighted by Crippen LogP contribution is 2.52. The van der Waals surface area contributed by atoms with Crippen LogP contribution in [0.3, 0.4) is 0 Å². The van der Waals surface area contributed by atoms with E-state index in [-0.39, 0.29) is 25.4 Å². The third kappa shape index (κ3) is 5.78. The molecule has 0 radical (unpaired) electrons. The minimum Gasteiger partial charge on any atom is -0.481 e. The number of carboxylic acid groups (broad SMARTS) is 2. The molecule has 0 saturated heterocycles. The van der Waals surface area contributed by atoms with E-state index in [2.05, 4.69) is 6.58 Å². The second-order valence-corrected chi connectivity index (χ2v) is 9.50. The molecule has 3 N–H and O–H groups in total. The van der Waals surface area contributed by atoms with Crippen molar-refractivity contribution in [1.29, 1.82) is 0 Å². The fraction of sp³-hybridized carbons (Fsp3) is 0.333. The SMILES string of the molecule is C=CCC(C(CCC(=O)O)C(=O)O)P(=O)(O)CCc1ccc2ccccc2c1. The van der Waals surface area contributed by atoms with Crippen molar-refractivity contribution >= 4 is 30.1 Å². The summed E-state index contributed by atoms with van der Waals surface area (Å²) in [5.41, 5.74) is -0.162. The molecule has 7 heteroatoms. The Balaban J connectivity index is 2.18. The highest BCUT2D eigenvalue weighted by molar-refractivity contribution is 7.58. The van der Waals surface area contributed by atoms with Crippen molar-refractivity contribution in [2.24, 2.45) is 5.92 Å². The molecule has 2 aromatic carbocycles. The molecular weight excluding hydrogens is 379 g/mol. The summed E-state index contributed by atoms with van der Waals surface area (Å²) in [5.74, 6) is -3.60. The Morgan fingerprint density at radius 1 is 1.11 bits per heavy atom. The Morgan fingerprint density at radius 3 is 2.39 bits per heavy atom. The van der Waals surface area contributed by atoms with Crippen LogP contribution in [-0.2, 0) is 20.6 Å². The van der Waals surface area contributed by atoms with E-state index in [0.29, 0.717) is 6.42 Å². The highest BCUT2D eigenvalue weighted by atomic mass is 31.2. The Morgan fingerprint density at radius 2 is 1.79 bits per heavy atom. The lowest BCUT2D eigenvalue weighted by Gasteiger charge is -2.27. The minimum absolute atomic E-state index is 0.0437. The van der Waals surface area contributed by atoms with Crippen LogP contribution in [0.4, 0.5) is 0 Å². The Hall–Kier alpha value is -2.43. The first kappa shape index (κ1) is 21.9. The molecule has 6 nitrogen and oxygen atoms in total. The number of aliphatic carboxylic acids is 2. The second-order valence-electron chi connectivity index (χ2n) is 6.88. The summed E-state index contributed by atoms with van der Waals surface area (Å²) in [6.07, 6.45) is 1.17. The predicted octanol–water partition coefficient (Wildman–Crippen LogP) is 4.16.